The highest BCUT2D eigenvalue weighted by Crippen LogP contribution is 2.60. The number of hydrogen-bond donors (Lipinski definition) is 1. The Hall–Kier alpha value is -2.18. The Kier molecular flexibility index (Phi) is 5.25. The van der Waals surface area contributed by atoms with Crippen molar-refractivity contribution < 1.29 is 18.0 Å². The lowest BCUT2D eigenvalue weighted by molar-refractivity contribution is -0.0250. The Balaban J connectivity index is 1.55. The van der Waals surface area contributed by atoms with Crippen LogP contribution in [0.1, 0.15) is 31.1 Å². The first kappa shape index (κ1) is 20.1. The summed E-state index contributed by atoms with van der Waals surface area (Å²) in [7, 11) is -3.71. The van der Waals surface area contributed by atoms with Gasteiger partial charge < -0.3 is 4.42 Å². The van der Waals surface area contributed by atoms with Gasteiger partial charge in [0.25, 0.3) is 0 Å². The number of aryl methyl sites for hydroxylation is 1. The average molecular weight is 434 g/mol. The number of anilines is 1. The number of aromatic nitrogens is 2. The summed E-state index contributed by atoms with van der Waals surface area (Å²) in [5.74, 6) is 0.311. The normalized spacial score (nSPS) is 23.7. The van der Waals surface area contributed by atoms with E-state index < -0.39 is 19.3 Å². The first-order valence-corrected chi connectivity index (χ1v) is 11.0. The maximum atomic E-state index is 13.2. The lowest BCUT2D eigenvalue weighted by Crippen LogP contribution is -2.34. The van der Waals surface area contributed by atoms with Crippen LogP contribution in [0.25, 0.3) is 11.5 Å². The summed E-state index contributed by atoms with van der Waals surface area (Å²) in [5, 5.41) is 11.2. The Labute approximate surface area is 174 Å². The minimum Gasteiger partial charge on any atom is -0.403 e. The van der Waals surface area contributed by atoms with E-state index in [0.717, 1.165) is 16.7 Å². The molecule has 152 valence electrons. The SMILES string of the molecule is Cc1ccc(-c2nnc(NP3(=O)OCC(C)(C)C(c4ccc(Cl)cc4)O3)o2)cc1. The quantitative estimate of drug-likeness (QED) is 0.502. The second-order valence-electron chi connectivity index (χ2n) is 7.69. The second kappa shape index (κ2) is 7.58. The third kappa shape index (κ3) is 4.38. The number of hydrogen-bond acceptors (Lipinski definition) is 6. The van der Waals surface area contributed by atoms with Gasteiger partial charge in [0.2, 0.25) is 5.89 Å². The van der Waals surface area contributed by atoms with Gasteiger partial charge >= 0.3 is 13.8 Å². The molecular formula is C20H21ClN3O4P. The molecule has 0 radical (unpaired) electrons. The van der Waals surface area contributed by atoms with E-state index >= 15 is 0 Å². The van der Waals surface area contributed by atoms with Crippen molar-refractivity contribution in [3.05, 3.63) is 64.7 Å². The van der Waals surface area contributed by atoms with Gasteiger partial charge in [-0.1, -0.05) is 60.4 Å². The van der Waals surface area contributed by atoms with Crippen molar-refractivity contribution in [2.45, 2.75) is 26.9 Å². The largest absolute Gasteiger partial charge is 0.436 e. The number of halogens is 1. The van der Waals surface area contributed by atoms with Crippen molar-refractivity contribution in [3.63, 3.8) is 0 Å². The van der Waals surface area contributed by atoms with Gasteiger partial charge in [-0.25, -0.2) is 9.65 Å². The fourth-order valence-electron chi connectivity index (χ4n) is 3.05. The number of rotatable bonds is 4. The van der Waals surface area contributed by atoms with Crippen LogP contribution in [0.4, 0.5) is 6.01 Å². The maximum absolute atomic E-state index is 13.2. The standard InChI is InChI=1S/C20H21ClN3O4P/c1-13-4-6-15(7-5-13)18-22-23-19(27-18)24-29(25)26-12-20(2,3)17(28-29)14-8-10-16(21)11-9-14/h4-11,17H,12H2,1-3H3,(H,23,24,25). The van der Waals surface area contributed by atoms with Crippen molar-refractivity contribution in [3.8, 4) is 11.5 Å². The molecule has 4 rings (SSSR count). The molecule has 29 heavy (non-hydrogen) atoms. The molecular weight excluding hydrogens is 413 g/mol. The summed E-state index contributed by atoms with van der Waals surface area (Å²) in [5.41, 5.74) is 2.34. The van der Waals surface area contributed by atoms with Gasteiger partial charge in [0, 0.05) is 16.0 Å². The van der Waals surface area contributed by atoms with Crippen LogP contribution >= 0.6 is 19.3 Å². The average Bonchev–Trinajstić information content (AvgIpc) is 3.13. The predicted molar refractivity (Wildman–Crippen MR) is 111 cm³/mol. The highest BCUT2D eigenvalue weighted by molar-refractivity contribution is 7.55. The van der Waals surface area contributed by atoms with Crippen LogP contribution in [0.15, 0.2) is 52.9 Å². The fraction of sp³-hybridized carbons (Fsp3) is 0.300. The Morgan fingerprint density at radius 1 is 1.10 bits per heavy atom. The predicted octanol–water partition coefficient (Wildman–Crippen LogP) is 6.03. The van der Waals surface area contributed by atoms with Crippen LogP contribution in [0.5, 0.6) is 0 Å². The molecule has 1 saturated heterocycles. The summed E-state index contributed by atoms with van der Waals surface area (Å²) >= 11 is 5.99. The van der Waals surface area contributed by atoms with Gasteiger partial charge in [-0.2, -0.15) is 0 Å². The molecule has 0 spiro atoms. The molecule has 1 aromatic heterocycles. The molecule has 2 unspecified atom stereocenters. The topological polar surface area (TPSA) is 86.5 Å². The van der Waals surface area contributed by atoms with E-state index in [1.165, 1.54) is 0 Å². The Morgan fingerprint density at radius 3 is 2.48 bits per heavy atom. The fourth-order valence-corrected chi connectivity index (χ4v) is 4.86. The molecule has 0 aliphatic carbocycles. The molecule has 0 bridgehead atoms. The second-order valence-corrected chi connectivity index (χ2v) is 9.81. The van der Waals surface area contributed by atoms with Crippen LogP contribution < -0.4 is 5.09 Å². The summed E-state index contributed by atoms with van der Waals surface area (Å²) in [6.45, 7) is 6.19. The molecule has 1 fully saturated rings. The van der Waals surface area contributed by atoms with Crippen molar-refractivity contribution in [1.29, 1.82) is 0 Å². The van der Waals surface area contributed by atoms with Crippen LogP contribution in [0, 0.1) is 12.3 Å². The number of nitrogens with one attached hydrogen (secondary N) is 1. The van der Waals surface area contributed by atoms with Crippen molar-refractivity contribution >= 4 is 25.4 Å². The zero-order chi connectivity index (χ0) is 20.6. The third-order valence-corrected chi connectivity index (χ3v) is 6.36. The van der Waals surface area contributed by atoms with Gasteiger partial charge in [-0.3, -0.25) is 9.05 Å². The first-order chi connectivity index (χ1) is 13.7. The van der Waals surface area contributed by atoms with E-state index in [0.29, 0.717) is 10.9 Å². The van der Waals surface area contributed by atoms with Gasteiger partial charge in [-0.15, -0.1) is 5.10 Å². The van der Waals surface area contributed by atoms with Crippen molar-refractivity contribution in [1.82, 2.24) is 10.2 Å². The van der Waals surface area contributed by atoms with Crippen LogP contribution in [0.2, 0.25) is 5.02 Å². The minimum atomic E-state index is -3.71. The molecule has 1 aliphatic heterocycles. The number of nitrogens with zero attached hydrogens (tertiary/aromatic N) is 2. The van der Waals surface area contributed by atoms with Crippen LogP contribution in [0.3, 0.4) is 0 Å². The summed E-state index contributed by atoms with van der Waals surface area (Å²) in [6.07, 6.45) is -0.466. The van der Waals surface area contributed by atoms with Crippen molar-refractivity contribution in [2.75, 3.05) is 11.7 Å². The molecule has 7 nitrogen and oxygen atoms in total. The van der Waals surface area contributed by atoms with Gasteiger partial charge in [0.15, 0.2) is 0 Å². The zero-order valence-electron chi connectivity index (χ0n) is 16.3. The maximum Gasteiger partial charge on any atom is 0.436 e. The molecule has 3 aromatic rings. The van der Waals surface area contributed by atoms with E-state index in [2.05, 4.69) is 15.3 Å². The molecule has 2 atom stereocenters. The van der Waals surface area contributed by atoms with E-state index in [-0.39, 0.29) is 12.6 Å². The van der Waals surface area contributed by atoms with Crippen LogP contribution in [-0.2, 0) is 13.6 Å². The lowest BCUT2D eigenvalue weighted by atomic mass is 9.83. The highest BCUT2D eigenvalue weighted by Gasteiger charge is 2.46. The number of benzene rings is 2. The molecule has 2 aromatic carbocycles. The van der Waals surface area contributed by atoms with Gasteiger partial charge in [0.05, 0.1) is 6.61 Å². The minimum absolute atomic E-state index is 0.0292. The van der Waals surface area contributed by atoms with E-state index in [1.54, 1.807) is 12.1 Å². The van der Waals surface area contributed by atoms with Crippen LogP contribution in [-0.4, -0.2) is 16.8 Å². The monoisotopic (exact) mass is 433 g/mol. The molecule has 1 aliphatic rings. The van der Waals surface area contributed by atoms with E-state index in [4.69, 9.17) is 25.1 Å². The highest BCUT2D eigenvalue weighted by atomic mass is 35.5. The Bertz CT molecular complexity index is 1050. The van der Waals surface area contributed by atoms with E-state index in [9.17, 15) is 4.57 Å². The van der Waals surface area contributed by atoms with Crippen molar-refractivity contribution in [2.24, 2.45) is 5.41 Å². The lowest BCUT2D eigenvalue weighted by Gasteiger charge is -2.41. The van der Waals surface area contributed by atoms with Gasteiger partial charge in [-0.05, 0) is 36.8 Å². The van der Waals surface area contributed by atoms with Gasteiger partial charge in [0.1, 0.15) is 6.10 Å². The Morgan fingerprint density at radius 2 is 1.79 bits per heavy atom. The molecule has 0 amide bonds. The third-order valence-electron chi connectivity index (χ3n) is 4.69. The molecule has 1 N–H and O–H groups in total. The molecule has 2 heterocycles. The first-order valence-electron chi connectivity index (χ1n) is 9.11. The zero-order valence-corrected chi connectivity index (χ0v) is 17.9. The van der Waals surface area contributed by atoms with E-state index in [1.807, 2.05) is 57.2 Å². The summed E-state index contributed by atoms with van der Waals surface area (Å²) in [4.78, 5) is 0. The molecule has 0 saturated carbocycles. The summed E-state index contributed by atoms with van der Waals surface area (Å²) in [6, 6.07) is 14.9. The smallest absolute Gasteiger partial charge is 0.403 e. The summed E-state index contributed by atoms with van der Waals surface area (Å²) < 4.78 is 30.3. The molecule has 9 heteroatoms.